The molecule has 0 fully saturated rings. The first-order chi connectivity index (χ1) is 13.7. The van der Waals surface area contributed by atoms with Gasteiger partial charge in [-0.25, -0.2) is 9.78 Å². The number of amides is 1. The number of benzene rings is 2. The van der Waals surface area contributed by atoms with Crippen LogP contribution < -0.4 is 5.32 Å². The van der Waals surface area contributed by atoms with Crippen molar-refractivity contribution in [3.8, 4) is 0 Å². The number of hydrogen-bond acceptors (Lipinski definition) is 4. The van der Waals surface area contributed by atoms with Gasteiger partial charge >= 0.3 is 5.97 Å². The maximum atomic E-state index is 13.2. The van der Waals surface area contributed by atoms with Gasteiger partial charge in [0.25, 0.3) is 5.91 Å². The van der Waals surface area contributed by atoms with Crippen LogP contribution in [0.4, 0.5) is 0 Å². The molecule has 1 heterocycles. The van der Waals surface area contributed by atoms with Crippen molar-refractivity contribution in [2.24, 2.45) is 0 Å². The molecule has 5 nitrogen and oxygen atoms in total. The average molecular weight is 378 g/mol. The Morgan fingerprint density at radius 2 is 1.57 bits per heavy atom. The average Bonchev–Trinajstić information content (AvgIpc) is 2.73. The SMILES string of the molecule is CCCCCC[C@@H](NC(=O)c1c2ccccc2nc2ccccc12)C(=O)OC. The minimum Gasteiger partial charge on any atom is -0.467 e. The number of nitrogens with zero attached hydrogens (tertiary/aromatic N) is 1. The molecule has 0 saturated heterocycles. The van der Waals surface area contributed by atoms with Gasteiger partial charge in [-0.15, -0.1) is 0 Å². The lowest BCUT2D eigenvalue weighted by atomic mass is 10.0. The molecule has 0 aliphatic rings. The molecular formula is C23H26N2O3. The maximum absolute atomic E-state index is 13.2. The number of pyridine rings is 1. The molecule has 0 aliphatic carbocycles. The van der Waals surface area contributed by atoms with Crippen LogP contribution in [0.25, 0.3) is 21.8 Å². The summed E-state index contributed by atoms with van der Waals surface area (Å²) >= 11 is 0. The number of methoxy groups -OCH3 is 1. The zero-order valence-corrected chi connectivity index (χ0v) is 16.4. The first-order valence-electron chi connectivity index (χ1n) is 9.82. The van der Waals surface area contributed by atoms with Crippen molar-refractivity contribution in [3.63, 3.8) is 0 Å². The molecule has 1 N–H and O–H groups in total. The second-order valence-corrected chi connectivity index (χ2v) is 6.92. The number of fused-ring (bicyclic) bond motifs is 2. The molecule has 0 aliphatic heterocycles. The highest BCUT2D eigenvalue weighted by Gasteiger charge is 2.24. The zero-order valence-electron chi connectivity index (χ0n) is 16.4. The summed E-state index contributed by atoms with van der Waals surface area (Å²) in [5.74, 6) is -0.687. The smallest absolute Gasteiger partial charge is 0.328 e. The molecule has 5 heteroatoms. The normalized spacial score (nSPS) is 12.1. The number of carbonyl (C=O) groups excluding carboxylic acids is 2. The summed E-state index contributed by atoms with van der Waals surface area (Å²) in [4.78, 5) is 30.1. The molecule has 3 rings (SSSR count). The summed E-state index contributed by atoms with van der Waals surface area (Å²) in [5, 5.41) is 4.45. The lowest BCUT2D eigenvalue weighted by Crippen LogP contribution is -2.41. The number of para-hydroxylation sites is 2. The van der Waals surface area contributed by atoms with E-state index in [0.29, 0.717) is 12.0 Å². The quantitative estimate of drug-likeness (QED) is 0.352. The summed E-state index contributed by atoms with van der Waals surface area (Å²) in [6, 6.07) is 14.5. The van der Waals surface area contributed by atoms with Crippen molar-refractivity contribution in [1.82, 2.24) is 10.3 Å². The van der Waals surface area contributed by atoms with Gasteiger partial charge in [-0.3, -0.25) is 4.79 Å². The number of esters is 1. The standard InChI is InChI=1S/C23H26N2O3/c1-3-4-5-6-15-20(23(27)28-2)25-22(26)21-16-11-7-9-13-18(16)24-19-14-10-8-12-17(19)21/h7-14,20H,3-6,15H2,1-2H3,(H,25,26)/t20-/m1/s1. The van der Waals surface area contributed by atoms with E-state index < -0.39 is 12.0 Å². The van der Waals surface area contributed by atoms with Gasteiger partial charge in [-0.2, -0.15) is 0 Å². The van der Waals surface area contributed by atoms with Crippen LogP contribution in [0.2, 0.25) is 0 Å². The number of carbonyl (C=O) groups is 2. The zero-order chi connectivity index (χ0) is 19.9. The van der Waals surface area contributed by atoms with E-state index in [9.17, 15) is 9.59 Å². The Labute approximate surface area is 165 Å². The van der Waals surface area contributed by atoms with Gasteiger partial charge in [0.1, 0.15) is 6.04 Å². The van der Waals surface area contributed by atoms with Crippen LogP contribution in [-0.4, -0.2) is 30.0 Å². The number of nitrogens with one attached hydrogen (secondary N) is 1. The summed E-state index contributed by atoms with van der Waals surface area (Å²) < 4.78 is 4.92. The van der Waals surface area contributed by atoms with Crippen LogP contribution in [0, 0.1) is 0 Å². The van der Waals surface area contributed by atoms with Gasteiger partial charge in [0.2, 0.25) is 0 Å². The molecule has 28 heavy (non-hydrogen) atoms. The van der Waals surface area contributed by atoms with Gasteiger partial charge in [-0.05, 0) is 18.6 Å². The Balaban J connectivity index is 1.95. The molecule has 0 unspecified atom stereocenters. The van der Waals surface area contributed by atoms with Crippen LogP contribution in [0.3, 0.4) is 0 Å². The first-order valence-corrected chi connectivity index (χ1v) is 9.82. The number of unbranched alkanes of at least 4 members (excludes halogenated alkanes) is 3. The van der Waals surface area contributed by atoms with Gasteiger partial charge in [0.05, 0.1) is 23.7 Å². The van der Waals surface area contributed by atoms with Crippen LogP contribution in [0.1, 0.15) is 49.4 Å². The largest absolute Gasteiger partial charge is 0.467 e. The number of rotatable bonds is 8. The van der Waals surface area contributed by atoms with Crippen molar-refractivity contribution in [1.29, 1.82) is 0 Å². The molecule has 0 radical (unpaired) electrons. The molecule has 1 amide bonds. The number of aromatic nitrogens is 1. The van der Waals surface area contributed by atoms with E-state index in [1.165, 1.54) is 7.11 Å². The van der Waals surface area contributed by atoms with E-state index in [4.69, 9.17) is 4.74 Å². The molecule has 0 spiro atoms. The molecule has 1 atom stereocenters. The highest BCUT2D eigenvalue weighted by molar-refractivity contribution is 6.16. The van der Waals surface area contributed by atoms with E-state index in [1.54, 1.807) is 0 Å². The first kappa shape index (κ1) is 19.8. The topological polar surface area (TPSA) is 68.3 Å². The lowest BCUT2D eigenvalue weighted by Gasteiger charge is -2.18. The van der Waals surface area contributed by atoms with Crippen molar-refractivity contribution < 1.29 is 14.3 Å². The fourth-order valence-corrected chi connectivity index (χ4v) is 3.48. The fraction of sp³-hybridized carbons (Fsp3) is 0.348. The third kappa shape index (κ3) is 4.30. The third-order valence-electron chi connectivity index (χ3n) is 4.95. The second-order valence-electron chi connectivity index (χ2n) is 6.92. The Morgan fingerprint density at radius 3 is 2.14 bits per heavy atom. The van der Waals surface area contributed by atoms with E-state index in [0.717, 1.165) is 47.5 Å². The molecule has 2 aromatic carbocycles. The Morgan fingerprint density at radius 1 is 0.964 bits per heavy atom. The summed E-state index contributed by atoms with van der Waals surface area (Å²) in [6.07, 6.45) is 4.69. The van der Waals surface area contributed by atoms with Crippen molar-refractivity contribution >= 4 is 33.7 Å². The molecule has 146 valence electrons. The van der Waals surface area contributed by atoms with Crippen LogP contribution in [0.15, 0.2) is 48.5 Å². The molecule has 3 aromatic rings. The van der Waals surface area contributed by atoms with Crippen molar-refractivity contribution in [2.45, 2.75) is 45.1 Å². The highest BCUT2D eigenvalue weighted by Crippen LogP contribution is 2.26. The number of ether oxygens (including phenoxy) is 1. The fourth-order valence-electron chi connectivity index (χ4n) is 3.48. The van der Waals surface area contributed by atoms with E-state index in [-0.39, 0.29) is 5.91 Å². The predicted molar refractivity (Wildman–Crippen MR) is 111 cm³/mol. The Bertz CT molecular complexity index is 930. The van der Waals surface area contributed by atoms with Crippen LogP contribution >= 0.6 is 0 Å². The van der Waals surface area contributed by atoms with E-state index in [1.807, 2.05) is 48.5 Å². The van der Waals surface area contributed by atoms with Gasteiger partial charge in [-0.1, -0.05) is 69.0 Å². The van der Waals surface area contributed by atoms with Crippen LogP contribution in [0.5, 0.6) is 0 Å². The van der Waals surface area contributed by atoms with E-state index >= 15 is 0 Å². The van der Waals surface area contributed by atoms with Gasteiger partial charge in [0, 0.05) is 10.8 Å². The Kier molecular flexibility index (Phi) is 6.58. The second kappa shape index (κ2) is 9.31. The highest BCUT2D eigenvalue weighted by atomic mass is 16.5. The van der Waals surface area contributed by atoms with E-state index in [2.05, 4.69) is 17.2 Å². The monoisotopic (exact) mass is 378 g/mol. The molecule has 0 saturated carbocycles. The summed E-state index contributed by atoms with van der Waals surface area (Å²) in [6.45, 7) is 2.14. The molecule has 1 aromatic heterocycles. The molecule has 0 bridgehead atoms. The Hall–Kier alpha value is -2.95. The summed E-state index contributed by atoms with van der Waals surface area (Å²) in [7, 11) is 1.35. The number of hydrogen-bond donors (Lipinski definition) is 1. The lowest BCUT2D eigenvalue weighted by molar-refractivity contribution is -0.143. The molecular weight excluding hydrogens is 352 g/mol. The van der Waals surface area contributed by atoms with Crippen molar-refractivity contribution in [3.05, 3.63) is 54.1 Å². The maximum Gasteiger partial charge on any atom is 0.328 e. The predicted octanol–water partition coefficient (Wildman–Crippen LogP) is 4.63. The van der Waals surface area contributed by atoms with Gasteiger partial charge < -0.3 is 10.1 Å². The summed E-state index contributed by atoms with van der Waals surface area (Å²) in [5.41, 5.74) is 2.05. The van der Waals surface area contributed by atoms with Crippen molar-refractivity contribution in [2.75, 3.05) is 7.11 Å². The minimum atomic E-state index is -0.653. The third-order valence-corrected chi connectivity index (χ3v) is 4.95. The van der Waals surface area contributed by atoms with Gasteiger partial charge in [0.15, 0.2) is 0 Å². The van der Waals surface area contributed by atoms with Crippen LogP contribution in [-0.2, 0) is 9.53 Å². The minimum absolute atomic E-state index is 0.277.